The van der Waals surface area contributed by atoms with E-state index in [1.165, 1.54) is 11.3 Å². The molecule has 180 valence electrons. The van der Waals surface area contributed by atoms with Crippen molar-refractivity contribution in [3.05, 3.63) is 126 Å². The number of aromatic nitrogens is 2. The summed E-state index contributed by atoms with van der Waals surface area (Å²) in [5.41, 5.74) is 2.79. The van der Waals surface area contributed by atoms with E-state index in [0.29, 0.717) is 16.6 Å². The predicted octanol–water partition coefficient (Wildman–Crippen LogP) is 7.98. The van der Waals surface area contributed by atoms with Gasteiger partial charge in [0.25, 0.3) is 0 Å². The third-order valence-corrected chi connectivity index (χ3v) is 8.26. The van der Waals surface area contributed by atoms with Crippen molar-refractivity contribution in [3.63, 3.8) is 0 Å². The van der Waals surface area contributed by atoms with E-state index in [1.54, 1.807) is 24.3 Å². The molecule has 1 N–H and O–H groups in total. The first kappa shape index (κ1) is 23.8. The van der Waals surface area contributed by atoms with Gasteiger partial charge in [0.05, 0.1) is 0 Å². The minimum absolute atomic E-state index is 0.443. The van der Waals surface area contributed by atoms with Gasteiger partial charge in [-0.1, -0.05) is 108 Å². The molecule has 0 bridgehead atoms. The minimum Gasteiger partial charge on any atom is -0.414 e. The van der Waals surface area contributed by atoms with Crippen molar-refractivity contribution in [2.75, 3.05) is 5.32 Å². The largest absolute Gasteiger partial charge is 0.457 e. The molecule has 0 fully saturated rings. The first-order valence-electron chi connectivity index (χ1n) is 11.4. The van der Waals surface area contributed by atoms with Gasteiger partial charge in [0.15, 0.2) is 5.78 Å². The summed E-state index contributed by atoms with van der Waals surface area (Å²) in [6.45, 7) is 2.00. The highest BCUT2D eigenvalue weighted by atomic mass is 32.1. The number of hydrogen-bond donors (Lipinski definition) is 1. The van der Waals surface area contributed by atoms with Gasteiger partial charge in [-0.2, -0.15) is 0 Å². The van der Waals surface area contributed by atoms with Crippen molar-refractivity contribution >= 4 is 24.1 Å². The van der Waals surface area contributed by atoms with Gasteiger partial charge in [-0.25, -0.2) is 4.57 Å². The average molecular weight is 514 g/mol. The molecule has 0 radical (unpaired) electrons. The first-order valence-corrected chi connectivity index (χ1v) is 13.8. The first-order chi connectivity index (χ1) is 17.6. The number of hydrogen-bond acceptors (Lipinski definition) is 7. The molecule has 6 nitrogen and oxygen atoms in total. The SMILES string of the molecule is Cc1ccc(C(Nc2nnc(-c3ccccc3)s2)P(=O)(Oc2ccccc2)Oc2ccccc2)cc1. The fourth-order valence-corrected chi connectivity index (χ4v) is 6.33. The third kappa shape index (κ3) is 5.65. The van der Waals surface area contributed by atoms with Crippen LogP contribution in [0.25, 0.3) is 10.6 Å². The number of para-hydroxylation sites is 2. The van der Waals surface area contributed by atoms with Crippen molar-refractivity contribution in [1.29, 1.82) is 0 Å². The lowest BCUT2D eigenvalue weighted by molar-refractivity contribution is 0.376. The van der Waals surface area contributed by atoms with Gasteiger partial charge in [0.1, 0.15) is 16.5 Å². The summed E-state index contributed by atoms with van der Waals surface area (Å²) in [7, 11) is -3.91. The van der Waals surface area contributed by atoms with Crippen LogP contribution in [0.3, 0.4) is 0 Å². The number of nitrogens with zero attached hydrogens (tertiary/aromatic N) is 2. The molecule has 1 aromatic heterocycles. The Morgan fingerprint density at radius 1 is 0.722 bits per heavy atom. The van der Waals surface area contributed by atoms with Crippen LogP contribution in [0.15, 0.2) is 115 Å². The molecule has 0 saturated carbocycles. The van der Waals surface area contributed by atoms with Gasteiger partial charge in [-0.05, 0) is 36.8 Å². The molecular formula is C28H24N3O3PS. The van der Waals surface area contributed by atoms with Crippen LogP contribution in [0.2, 0.25) is 0 Å². The quantitative estimate of drug-likeness (QED) is 0.202. The molecule has 0 aliphatic rings. The van der Waals surface area contributed by atoms with Gasteiger partial charge in [0, 0.05) is 5.56 Å². The van der Waals surface area contributed by atoms with Crippen molar-refractivity contribution in [1.82, 2.24) is 10.2 Å². The Labute approximate surface area is 214 Å². The molecule has 36 heavy (non-hydrogen) atoms. The lowest BCUT2D eigenvalue weighted by atomic mass is 10.1. The van der Waals surface area contributed by atoms with E-state index in [-0.39, 0.29) is 0 Å². The molecule has 4 aromatic carbocycles. The summed E-state index contributed by atoms with van der Waals surface area (Å²) in [5.74, 6) is 0.0333. The van der Waals surface area contributed by atoms with Crippen molar-refractivity contribution in [2.45, 2.75) is 12.7 Å². The van der Waals surface area contributed by atoms with Crippen molar-refractivity contribution < 1.29 is 13.6 Å². The van der Waals surface area contributed by atoms with E-state index >= 15 is 0 Å². The Morgan fingerprint density at radius 2 is 1.25 bits per heavy atom. The average Bonchev–Trinajstić information content (AvgIpc) is 3.38. The molecule has 0 aliphatic carbocycles. The van der Waals surface area contributed by atoms with Crippen LogP contribution >= 0.6 is 18.9 Å². The fourth-order valence-electron chi connectivity index (χ4n) is 3.57. The molecule has 1 unspecified atom stereocenters. The van der Waals surface area contributed by atoms with E-state index in [1.807, 2.05) is 97.9 Å². The second kappa shape index (κ2) is 10.8. The van der Waals surface area contributed by atoms with Crippen LogP contribution in [-0.2, 0) is 4.57 Å². The monoisotopic (exact) mass is 513 g/mol. The molecule has 5 rings (SSSR count). The summed E-state index contributed by atoms with van der Waals surface area (Å²) >= 11 is 1.38. The molecular weight excluding hydrogens is 489 g/mol. The molecule has 5 aromatic rings. The number of benzene rings is 4. The molecule has 0 aliphatic heterocycles. The highest BCUT2D eigenvalue weighted by Crippen LogP contribution is 2.60. The van der Waals surface area contributed by atoms with Gasteiger partial charge in [-0.3, -0.25) is 0 Å². The molecule has 0 amide bonds. The Bertz CT molecular complexity index is 1400. The second-order valence-electron chi connectivity index (χ2n) is 8.08. The normalized spacial score (nSPS) is 12.0. The summed E-state index contributed by atoms with van der Waals surface area (Å²) in [4.78, 5) is 0. The maximum Gasteiger partial charge on any atom is 0.457 e. The molecule has 0 spiro atoms. The Morgan fingerprint density at radius 3 is 1.81 bits per heavy atom. The smallest absolute Gasteiger partial charge is 0.414 e. The minimum atomic E-state index is -3.91. The topological polar surface area (TPSA) is 73.3 Å². The number of nitrogens with one attached hydrogen (secondary N) is 1. The molecule has 8 heteroatoms. The maximum atomic E-state index is 14.7. The zero-order valence-electron chi connectivity index (χ0n) is 19.5. The van der Waals surface area contributed by atoms with Crippen LogP contribution < -0.4 is 14.4 Å². The maximum absolute atomic E-state index is 14.7. The van der Waals surface area contributed by atoms with Crippen LogP contribution in [0.5, 0.6) is 11.5 Å². The summed E-state index contributed by atoms with van der Waals surface area (Å²) in [6.07, 6.45) is 0. The number of aryl methyl sites for hydroxylation is 1. The van der Waals surface area contributed by atoms with Gasteiger partial charge in [-0.15, -0.1) is 10.2 Å². The van der Waals surface area contributed by atoms with Crippen LogP contribution in [0, 0.1) is 6.92 Å². The standard InChI is InChI=1S/C28H24N3O3PS/c1-21-17-19-22(20-18-21)26(29-28-31-30-27(36-28)23-11-5-2-6-12-23)35(32,33-24-13-7-3-8-14-24)34-25-15-9-4-10-16-25/h2-20,26H,1H3,(H,29,31). The number of anilines is 1. The number of rotatable bonds is 9. The van der Waals surface area contributed by atoms with Crippen LogP contribution in [-0.4, -0.2) is 10.2 Å². The van der Waals surface area contributed by atoms with Gasteiger partial charge < -0.3 is 14.4 Å². The van der Waals surface area contributed by atoms with Crippen LogP contribution in [0.4, 0.5) is 5.13 Å². The summed E-state index contributed by atoms with van der Waals surface area (Å²) in [6, 6.07) is 35.7. The Balaban J connectivity index is 1.56. The fraction of sp³-hybridized carbons (Fsp3) is 0.0714. The predicted molar refractivity (Wildman–Crippen MR) is 145 cm³/mol. The zero-order chi connectivity index (χ0) is 24.8. The molecule has 1 heterocycles. The van der Waals surface area contributed by atoms with E-state index in [2.05, 4.69) is 15.5 Å². The summed E-state index contributed by atoms with van der Waals surface area (Å²) in [5, 5.41) is 13.2. The lowest BCUT2D eigenvalue weighted by Crippen LogP contribution is -2.18. The molecule has 1 atom stereocenters. The van der Waals surface area contributed by atoms with E-state index in [0.717, 1.165) is 21.7 Å². The zero-order valence-corrected chi connectivity index (χ0v) is 21.2. The third-order valence-electron chi connectivity index (χ3n) is 5.37. The van der Waals surface area contributed by atoms with E-state index < -0.39 is 13.4 Å². The van der Waals surface area contributed by atoms with Crippen molar-refractivity contribution in [2.24, 2.45) is 0 Å². The lowest BCUT2D eigenvalue weighted by Gasteiger charge is -2.28. The van der Waals surface area contributed by atoms with E-state index in [9.17, 15) is 4.57 Å². The highest BCUT2D eigenvalue weighted by molar-refractivity contribution is 7.55. The summed E-state index contributed by atoms with van der Waals surface area (Å²) < 4.78 is 27.0. The Hall–Kier alpha value is -3.93. The van der Waals surface area contributed by atoms with Gasteiger partial charge >= 0.3 is 7.60 Å². The van der Waals surface area contributed by atoms with Crippen molar-refractivity contribution in [3.8, 4) is 22.1 Å². The van der Waals surface area contributed by atoms with Crippen LogP contribution in [0.1, 0.15) is 16.9 Å². The highest BCUT2D eigenvalue weighted by Gasteiger charge is 2.41. The Kier molecular flexibility index (Phi) is 7.12. The second-order valence-corrected chi connectivity index (χ2v) is 11.0. The molecule has 0 saturated heterocycles. The van der Waals surface area contributed by atoms with E-state index in [4.69, 9.17) is 9.05 Å². The van der Waals surface area contributed by atoms with Gasteiger partial charge in [0.2, 0.25) is 5.13 Å².